The maximum atomic E-state index is 5.43. The second-order valence-electron chi connectivity index (χ2n) is 4.27. The summed E-state index contributed by atoms with van der Waals surface area (Å²) in [5, 5.41) is 3.42. The first-order valence-electron chi connectivity index (χ1n) is 5.91. The van der Waals surface area contributed by atoms with E-state index >= 15 is 0 Å². The van der Waals surface area contributed by atoms with Crippen LogP contribution >= 0.6 is 0 Å². The van der Waals surface area contributed by atoms with Crippen LogP contribution in [0.3, 0.4) is 0 Å². The van der Waals surface area contributed by atoms with Gasteiger partial charge in [-0.3, -0.25) is 0 Å². The quantitative estimate of drug-likeness (QED) is 0.822. The standard InChI is InChI=1S/C13H20N2O/c1-11-4-5-13(16-2)12(10-11)15-8-3-6-14-7-9-15/h4-5,10,14H,3,6-9H2,1-2H3. The summed E-state index contributed by atoms with van der Waals surface area (Å²) in [7, 11) is 1.74. The number of rotatable bonds is 2. The molecule has 0 saturated carbocycles. The van der Waals surface area contributed by atoms with Gasteiger partial charge in [0.05, 0.1) is 12.8 Å². The largest absolute Gasteiger partial charge is 0.495 e. The molecule has 1 aromatic rings. The lowest BCUT2D eigenvalue weighted by Gasteiger charge is -2.24. The maximum absolute atomic E-state index is 5.43. The van der Waals surface area contributed by atoms with Gasteiger partial charge in [-0.25, -0.2) is 0 Å². The van der Waals surface area contributed by atoms with Crippen LogP contribution < -0.4 is 15.0 Å². The number of hydrogen-bond donors (Lipinski definition) is 1. The number of methoxy groups -OCH3 is 1. The molecule has 1 aliphatic rings. The van der Waals surface area contributed by atoms with Gasteiger partial charge in [-0.15, -0.1) is 0 Å². The second-order valence-corrected chi connectivity index (χ2v) is 4.27. The molecule has 1 heterocycles. The highest BCUT2D eigenvalue weighted by atomic mass is 16.5. The highest BCUT2D eigenvalue weighted by molar-refractivity contribution is 5.60. The summed E-state index contributed by atoms with van der Waals surface area (Å²) in [6, 6.07) is 6.37. The lowest BCUT2D eigenvalue weighted by molar-refractivity contribution is 0.414. The first kappa shape index (κ1) is 11.3. The van der Waals surface area contributed by atoms with Crippen LogP contribution in [0.5, 0.6) is 5.75 Å². The fraction of sp³-hybridized carbons (Fsp3) is 0.538. The summed E-state index contributed by atoms with van der Waals surface area (Å²) in [5.41, 5.74) is 2.51. The molecule has 3 heteroatoms. The minimum absolute atomic E-state index is 0.979. The molecule has 16 heavy (non-hydrogen) atoms. The molecule has 0 spiro atoms. The molecule has 0 aliphatic carbocycles. The predicted octanol–water partition coefficient (Wildman–Crippen LogP) is 1.80. The average Bonchev–Trinajstić information content (AvgIpc) is 2.57. The Kier molecular flexibility index (Phi) is 3.67. The van der Waals surface area contributed by atoms with Gasteiger partial charge < -0.3 is 15.0 Å². The van der Waals surface area contributed by atoms with Crippen LogP contribution in [0.2, 0.25) is 0 Å². The van der Waals surface area contributed by atoms with E-state index in [9.17, 15) is 0 Å². The van der Waals surface area contributed by atoms with Crippen LogP contribution in [-0.4, -0.2) is 33.3 Å². The zero-order valence-electron chi connectivity index (χ0n) is 10.1. The van der Waals surface area contributed by atoms with Gasteiger partial charge in [0.15, 0.2) is 0 Å². The minimum atomic E-state index is 0.979. The highest BCUT2D eigenvalue weighted by Crippen LogP contribution is 2.29. The van der Waals surface area contributed by atoms with E-state index in [0.29, 0.717) is 0 Å². The lowest BCUT2D eigenvalue weighted by atomic mass is 10.2. The van der Waals surface area contributed by atoms with Gasteiger partial charge in [0.1, 0.15) is 5.75 Å². The Morgan fingerprint density at radius 1 is 1.25 bits per heavy atom. The number of nitrogens with one attached hydrogen (secondary N) is 1. The molecule has 2 rings (SSSR count). The van der Waals surface area contributed by atoms with Crippen LogP contribution in [0.4, 0.5) is 5.69 Å². The normalized spacial score (nSPS) is 17.0. The van der Waals surface area contributed by atoms with Crippen molar-refractivity contribution in [2.45, 2.75) is 13.3 Å². The van der Waals surface area contributed by atoms with Gasteiger partial charge >= 0.3 is 0 Å². The smallest absolute Gasteiger partial charge is 0.142 e. The molecule has 1 aliphatic heterocycles. The van der Waals surface area contributed by atoms with Crippen LogP contribution in [-0.2, 0) is 0 Å². The van der Waals surface area contributed by atoms with Crippen LogP contribution in [0, 0.1) is 6.92 Å². The summed E-state index contributed by atoms with van der Waals surface area (Å²) in [6.45, 7) is 6.45. The zero-order chi connectivity index (χ0) is 11.4. The van der Waals surface area contributed by atoms with Crippen molar-refractivity contribution in [3.63, 3.8) is 0 Å². The fourth-order valence-corrected chi connectivity index (χ4v) is 2.13. The van der Waals surface area contributed by atoms with Crippen molar-refractivity contribution >= 4 is 5.69 Å². The van der Waals surface area contributed by atoms with Crippen LogP contribution in [0.1, 0.15) is 12.0 Å². The third-order valence-corrected chi connectivity index (χ3v) is 3.02. The van der Waals surface area contributed by atoms with Crippen molar-refractivity contribution in [2.24, 2.45) is 0 Å². The summed E-state index contributed by atoms with van der Waals surface area (Å²) in [5.74, 6) is 0.979. The fourth-order valence-electron chi connectivity index (χ4n) is 2.13. The van der Waals surface area contributed by atoms with Gasteiger partial charge in [-0.2, -0.15) is 0 Å². The molecule has 1 fully saturated rings. The molecule has 0 amide bonds. The predicted molar refractivity (Wildman–Crippen MR) is 67.4 cm³/mol. The van der Waals surface area contributed by atoms with E-state index in [2.05, 4.69) is 35.3 Å². The Morgan fingerprint density at radius 3 is 2.94 bits per heavy atom. The maximum Gasteiger partial charge on any atom is 0.142 e. The first-order chi connectivity index (χ1) is 7.81. The molecule has 0 unspecified atom stereocenters. The summed E-state index contributed by atoms with van der Waals surface area (Å²) < 4.78 is 5.43. The molecule has 0 bridgehead atoms. The van der Waals surface area contributed by atoms with Gasteiger partial charge in [-0.1, -0.05) is 6.07 Å². The van der Waals surface area contributed by atoms with Crippen molar-refractivity contribution in [1.29, 1.82) is 0 Å². The number of hydrogen-bond acceptors (Lipinski definition) is 3. The Morgan fingerprint density at radius 2 is 2.12 bits per heavy atom. The van der Waals surface area contributed by atoms with E-state index in [1.807, 2.05) is 0 Å². The van der Waals surface area contributed by atoms with Crippen molar-refractivity contribution in [1.82, 2.24) is 5.32 Å². The molecular weight excluding hydrogens is 200 g/mol. The van der Waals surface area contributed by atoms with Gasteiger partial charge in [0.2, 0.25) is 0 Å². The Hall–Kier alpha value is -1.22. The second kappa shape index (κ2) is 5.21. The molecule has 3 nitrogen and oxygen atoms in total. The average molecular weight is 220 g/mol. The minimum Gasteiger partial charge on any atom is -0.495 e. The topological polar surface area (TPSA) is 24.5 Å². The first-order valence-corrected chi connectivity index (χ1v) is 5.91. The van der Waals surface area contributed by atoms with Crippen LogP contribution in [0.25, 0.3) is 0 Å². The Bertz CT molecular complexity index is 344. The number of aryl methyl sites for hydroxylation is 1. The van der Waals surface area contributed by atoms with E-state index in [1.165, 1.54) is 17.7 Å². The Labute approximate surface area is 97.4 Å². The van der Waals surface area contributed by atoms with Crippen molar-refractivity contribution in [3.8, 4) is 5.75 Å². The molecule has 0 radical (unpaired) electrons. The molecular formula is C13H20N2O. The van der Waals surface area contributed by atoms with Gasteiger partial charge in [0.25, 0.3) is 0 Å². The highest BCUT2D eigenvalue weighted by Gasteiger charge is 2.13. The third-order valence-electron chi connectivity index (χ3n) is 3.02. The molecule has 1 saturated heterocycles. The monoisotopic (exact) mass is 220 g/mol. The Balaban J connectivity index is 2.25. The van der Waals surface area contributed by atoms with Crippen molar-refractivity contribution < 1.29 is 4.74 Å². The molecule has 0 aromatic heterocycles. The number of anilines is 1. The zero-order valence-corrected chi connectivity index (χ0v) is 10.1. The number of ether oxygens (including phenoxy) is 1. The van der Waals surface area contributed by atoms with E-state index in [0.717, 1.165) is 31.9 Å². The summed E-state index contributed by atoms with van der Waals surface area (Å²) in [4.78, 5) is 2.41. The van der Waals surface area contributed by atoms with E-state index in [-0.39, 0.29) is 0 Å². The lowest BCUT2D eigenvalue weighted by Crippen LogP contribution is -2.28. The van der Waals surface area contributed by atoms with Gasteiger partial charge in [-0.05, 0) is 37.6 Å². The van der Waals surface area contributed by atoms with Crippen molar-refractivity contribution in [3.05, 3.63) is 23.8 Å². The summed E-state index contributed by atoms with van der Waals surface area (Å²) in [6.07, 6.45) is 1.19. The van der Waals surface area contributed by atoms with E-state index < -0.39 is 0 Å². The van der Waals surface area contributed by atoms with Gasteiger partial charge in [0, 0.05) is 19.6 Å². The molecule has 88 valence electrons. The third kappa shape index (κ3) is 2.47. The van der Waals surface area contributed by atoms with Crippen molar-refractivity contribution in [2.75, 3.05) is 38.2 Å². The summed E-state index contributed by atoms with van der Waals surface area (Å²) >= 11 is 0. The SMILES string of the molecule is COc1ccc(C)cc1N1CCCNCC1. The molecule has 0 atom stereocenters. The van der Waals surface area contributed by atoms with Crippen LogP contribution in [0.15, 0.2) is 18.2 Å². The van der Waals surface area contributed by atoms with E-state index in [1.54, 1.807) is 7.11 Å². The van der Waals surface area contributed by atoms with E-state index in [4.69, 9.17) is 4.74 Å². The number of nitrogens with zero attached hydrogens (tertiary/aromatic N) is 1. The number of benzene rings is 1. The molecule has 1 aromatic carbocycles. The molecule has 1 N–H and O–H groups in total.